The van der Waals surface area contributed by atoms with Gasteiger partial charge in [-0.15, -0.1) is 0 Å². The maximum absolute atomic E-state index is 13.3. The Kier molecular flexibility index (Phi) is 5.65. The maximum atomic E-state index is 13.3. The molecule has 1 saturated carbocycles. The summed E-state index contributed by atoms with van der Waals surface area (Å²) in [5.41, 5.74) is 0.913. The molecule has 3 N–H and O–H groups in total. The van der Waals surface area contributed by atoms with Crippen LogP contribution in [0.2, 0.25) is 5.02 Å². The second-order valence-corrected chi connectivity index (χ2v) is 8.45. The third kappa shape index (κ3) is 3.22. The zero-order chi connectivity index (χ0) is 19.7. The highest BCUT2D eigenvalue weighted by atomic mass is 35.5. The van der Waals surface area contributed by atoms with E-state index in [1.165, 1.54) is 19.3 Å². The molecular weight excluding hydrogens is 380 g/mol. The predicted octanol–water partition coefficient (Wildman–Crippen LogP) is 3.36. The minimum Gasteiger partial charge on any atom is -0.394 e. The third-order valence-electron chi connectivity index (χ3n) is 6.43. The van der Waals surface area contributed by atoms with Crippen LogP contribution in [-0.2, 0) is 9.53 Å². The van der Waals surface area contributed by atoms with Crippen molar-refractivity contribution in [2.24, 2.45) is 11.3 Å². The monoisotopic (exact) mass is 406 g/mol. The van der Waals surface area contributed by atoms with Gasteiger partial charge in [0, 0.05) is 11.6 Å². The molecule has 0 spiro atoms. The van der Waals surface area contributed by atoms with Crippen LogP contribution in [0.1, 0.15) is 38.1 Å². The molecule has 152 valence electrons. The number of nitrogens with zero attached hydrogens (tertiary/aromatic N) is 1. The van der Waals surface area contributed by atoms with Crippen molar-refractivity contribution in [3.63, 3.8) is 0 Å². The van der Waals surface area contributed by atoms with E-state index in [4.69, 9.17) is 16.3 Å². The Hall–Kier alpha value is -1.60. The number of benzene rings is 1. The van der Waals surface area contributed by atoms with E-state index in [0.29, 0.717) is 29.8 Å². The van der Waals surface area contributed by atoms with E-state index in [-0.39, 0.29) is 19.1 Å². The summed E-state index contributed by atoms with van der Waals surface area (Å²) in [6, 6.07) is 4.98. The topological polar surface area (TPSA) is 83.7 Å². The average Bonchev–Trinajstić information content (AvgIpc) is 3.02. The molecule has 1 aromatic heterocycles. The van der Waals surface area contributed by atoms with E-state index in [1.807, 2.05) is 12.1 Å². The van der Waals surface area contributed by atoms with Crippen molar-refractivity contribution in [3.05, 3.63) is 29.4 Å². The van der Waals surface area contributed by atoms with Gasteiger partial charge in [0.25, 0.3) is 0 Å². The number of ether oxygens (including phenoxy) is 1. The van der Waals surface area contributed by atoms with Gasteiger partial charge in [0.05, 0.1) is 54.1 Å². The van der Waals surface area contributed by atoms with Gasteiger partial charge in [0.2, 0.25) is 5.91 Å². The molecule has 7 heteroatoms. The second kappa shape index (κ2) is 8.03. The molecule has 28 heavy (non-hydrogen) atoms. The van der Waals surface area contributed by atoms with Crippen molar-refractivity contribution >= 4 is 34.1 Å². The number of aliphatic hydroxyl groups excluding tert-OH is 2. The molecule has 4 rings (SSSR count). The minimum atomic E-state index is -0.494. The molecule has 1 aliphatic heterocycles. The first-order valence-corrected chi connectivity index (χ1v) is 10.4. The van der Waals surface area contributed by atoms with Gasteiger partial charge in [-0.3, -0.25) is 4.79 Å². The molecule has 2 aliphatic rings. The number of fused-ring (bicyclic) bond motifs is 1. The Bertz CT molecular complexity index is 851. The van der Waals surface area contributed by atoms with E-state index in [0.717, 1.165) is 23.7 Å². The van der Waals surface area contributed by atoms with Crippen LogP contribution in [0.15, 0.2) is 24.4 Å². The minimum absolute atomic E-state index is 0.0193. The molecule has 1 saturated heterocycles. The molecule has 0 unspecified atom stereocenters. The van der Waals surface area contributed by atoms with Crippen LogP contribution < -0.4 is 5.32 Å². The van der Waals surface area contributed by atoms with Crippen LogP contribution in [0.3, 0.4) is 0 Å². The van der Waals surface area contributed by atoms with Crippen molar-refractivity contribution < 1.29 is 19.7 Å². The first-order valence-electron chi connectivity index (χ1n) is 10.0. The first-order chi connectivity index (χ1) is 13.6. The average molecular weight is 407 g/mol. The number of aromatic nitrogens is 1. The molecule has 0 bridgehead atoms. The van der Waals surface area contributed by atoms with E-state index in [2.05, 4.69) is 5.32 Å². The zero-order valence-electron chi connectivity index (χ0n) is 15.9. The quantitative estimate of drug-likeness (QED) is 0.686. The van der Waals surface area contributed by atoms with Gasteiger partial charge in [0.15, 0.2) is 0 Å². The highest BCUT2D eigenvalue weighted by molar-refractivity contribution is 6.36. The number of aliphatic hydroxyl groups is 2. The lowest BCUT2D eigenvalue weighted by molar-refractivity contribution is -0.172. The molecular formula is C21H27ClN2O4. The van der Waals surface area contributed by atoms with Gasteiger partial charge in [-0.2, -0.15) is 0 Å². The maximum Gasteiger partial charge on any atom is 0.235 e. The Morgan fingerprint density at radius 1 is 1.25 bits per heavy atom. The fourth-order valence-corrected chi connectivity index (χ4v) is 4.95. The van der Waals surface area contributed by atoms with Crippen LogP contribution in [0, 0.1) is 11.3 Å². The molecule has 2 heterocycles. The lowest BCUT2D eigenvalue weighted by Gasteiger charge is -2.47. The van der Waals surface area contributed by atoms with Gasteiger partial charge in [-0.25, -0.2) is 0 Å². The third-order valence-corrected chi connectivity index (χ3v) is 6.74. The van der Waals surface area contributed by atoms with Crippen LogP contribution >= 0.6 is 11.6 Å². The largest absolute Gasteiger partial charge is 0.394 e. The number of rotatable bonds is 6. The Morgan fingerprint density at radius 2 is 1.96 bits per heavy atom. The summed E-state index contributed by atoms with van der Waals surface area (Å²) in [7, 11) is 0. The van der Waals surface area contributed by atoms with Gasteiger partial charge < -0.3 is 24.8 Å². The highest BCUT2D eigenvalue weighted by Gasteiger charge is 2.51. The Balaban J connectivity index is 1.68. The summed E-state index contributed by atoms with van der Waals surface area (Å²) in [4.78, 5) is 13.3. The van der Waals surface area contributed by atoms with Crippen molar-refractivity contribution in [1.29, 1.82) is 0 Å². The summed E-state index contributed by atoms with van der Waals surface area (Å²) in [6.45, 7) is 0.512. The van der Waals surface area contributed by atoms with E-state index >= 15 is 0 Å². The summed E-state index contributed by atoms with van der Waals surface area (Å²) in [5.74, 6) is 0.329. The summed E-state index contributed by atoms with van der Waals surface area (Å²) in [5, 5.41) is 23.6. The standard InChI is InChI=1S/C21H27ClN2O4/c22-16-7-4-8-18-19(16)17(9-24(18)15(10-25)11-26)23-20(27)21(12-28-13-21)14-5-2-1-3-6-14/h4,7-9,14-15,25-26H,1-3,5-6,10-13H2,(H,23,27). The fraction of sp³-hybridized carbons (Fsp3) is 0.571. The van der Waals surface area contributed by atoms with Gasteiger partial charge in [0.1, 0.15) is 0 Å². The zero-order valence-corrected chi connectivity index (χ0v) is 16.6. The molecule has 1 aliphatic carbocycles. The number of hydrogen-bond acceptors (Lipinski definition) is 4. The molecule has 1 amide bonds. The molecule has 6 nitrogen and oxygen atoms in total. The number of amides is 1. The van der Waals surface area contributed by atoms with Crippen molar-refractivity contribution in [1.82, 2.24) is 4.57 Å². The second-order valence-electron chi connectivity index (χ2n) is 8.04. The lowest BCUT2D eigenvalue weighted by Crippen LogP contribution is -2.56. The SMILES string of the molecule is O=C(Nc1cn(C(CO)CO)c2cccc(Cl)c12)C1(C2CCCCC2)COC1. The molecule has 2 aromatic rings. The van der Waals surface area contributed by atoms with Crippen molar-refractivity contribution in [2.45, 2.75) is 38.1 Å². The highest BCUT2D eigenvalue weighted by Crippen LogP contribution is 2.45. The molecule has 1 aromatic carbocycles. The number of hydrogen-bond donors (Lipinski definition) is 3. The number of halogens is 1. The van der Waals surface area contributed by atoms with Gasteiger partial charge in [-0.1, -0.05) is 36.9 Å². The number of anilines is 1. The normalized spacial score (nSPS) is 19.7. The van der Waals surface area contributed by atoms with Crippen LogP contribution in [0.25, 0.3) is 10.9 Å². The number of carbonyl (C=O) groups excluding carboxylic acids is 1. The number of nitrogens with one attached hydrogen (secondary N) is 1. The number of carbonyl (C=O) groups is 1. The summed E-state index contributed by atoms with van der Waals surface area (Å²) >= 11 is 6.45. The summed E-state index contributed by atoms with van der Waals surface area (Å²) in [6.07, 6.45) is 7.47. The van der Waals surface area contributed by atoms with Crippen LogP contribution in [0.5, 0.6) is 0 Å². The predicted molar refractivity (Wildman–Crippen MR) is 109 cm³/mol. The molecule has 0 radical (unpaired) electrons. The molecule has 0 atom stereocenters. The van der Waals surface area contributed by atoms with Crippen LogP contribution in [0.4, 0.5) is 5.69 Å². The fourth-order valence-electron chi connectivity index (χ4n) is 4.67. The Labute approximate surface area is 169 Å². The lowest BCUT2D eigenvalue weighted by atomic mass is 9.66. The molecule has 2 fully saturated rings. The van der Waals surface area contributed by atoms with Gasteiger partial charge >= 0.3 is 0 Å². The van der Waals surface area contributed by atoms with E-state index in [9.17, 15) is 15.0 Å². The van der Waals surface area contributed by atoms with Crippen LogP contribution in [-0.4, -0.2) is 47.1 Å². The van der Waals surface area contributed by atoms with Crippen molar-refractivity contribution in [3.8, 4) is 0 Å². The summed E-state index contributed by atoms with van der Waals surface area (Å²) < 4.78 is 7.26. The van der Waals surface area contributed by atoms with Gasteiger partial charge in [-0.05, 0) is 30.9 Å². The van der Waals surface area contributed by atoms with Crippen molar-refractivity contribution in [2.75, 3.05) is 31.7 Å². The first kappa shape index (κ1) is 19.7. The Morgan fingerprint density at radius 3 is 2.57 bits per heavy atom. The smallest absolute Gasteiger partial charge is 0.235 e. The van der Waals surface area contributed by atoms with E-state index < -0.39 is 11.5 Å². The van der Waals surface area contributed by atoms with E-state index in [1.54, 1.807) is 16.8 Å².